The first-order chi connectivity index (χ1) is 6.99. The van der Waals surface area contributed by atoms with Crippen molar-refractivity contribution in [1.29, 1.82) is 0 Å². The van der Waals surface area contributed by atoms with Gasteiger partial charge in [-0.15, -0.1) is 0 Å². The molecule has 0 fully saturated rings. The number of hydrogen-bond donors (Lipinski definition) is 0. The second kappa shape index (κ2) is 4.81. The molecule has 0 aliphatic rings. The molecule has 0 atom stereocenters. The van der Waals surface area contributed by atoms with Crippen molar-refractivity contribution in [2.45, 2.75) is 39.5 Å². The quantitative estimate of drug-likeness (QED) is 0.644. The second-order valence-corrected chi connectivity index (χ2v) is 5.12. The molecule has 0 saturated heterocycles. The van der Waals surface area contributed by atoms with Gasteiger partial charge in [0.15, 0.2) is 5.69 Å². The van der Waals surface area contributed by atoms with Gasteiger partial charge in [-0.3, -0.25) is 0 Å². The highest BCUT2D eigenvalue weighted by Gasteiger charge is 2.15. The summed E-state index contributed by atoms with van der Waals surface area (Å²) in [4.78, 5) is 3.57. The average Bonchev–Trinajstić information content (AvgIpc) is 2.15. The third kappa shape index (κ3) is 2.41. The lowest BCUT2D eigenvalue weighted by Gasteiger charge is -2.16. The molecule has 0 radical (unpaired) electrons. The summed E-state index contributed by atoms with van der Waals surface area (Å²) in [6.45, 7) is 15.7. The lowest BCUT2D eigenvalue weighted by molar-refractivity contribution is 0.827. The van der Waals surface area contributed by atoms with Crippen LogP contribution in [0.5, 0.6) is 0 Å². The minimum atomic E-state index is 0.377. The first kappa shape index (κ1) is 12.3. The molecular weight excluding hydrogens is 250 g/mol. The van der Waals surface area contributed by atoms with E-state index in [-0.39, 0.29) is 0 Å². The summed E-state index contributed by atoms with van der Waals surface area (Å²) in [7, 11) is 0. The Labute approximate surface area is 100 Å². The highest BCUT2D eigenvalue weighted by atomic mass is 79.9. The predicted octanol–water partition coefficient (Wildman–Crippen LogP) is 5.25. The second-order valence-electron chi connectivity index (χ2n) is 4.32. The maximum absolute atomic E-state index is 7.16. The summed E-state index contributed by atoms with van der Waals surface area (Å²) in [5.74, 6) is 0.860. The van der Waals surface area contributed by atoms with Crippen molar-refractivity contribution in [3.63, 3.8) is 0 Å². The van der Waals surface area contributed by atoms with Gasteiger partial charge in [0.1, 0.15) is 0 Å². The molecule has 0 saturated carbocycles. The number of rotatable bonds is 2. The highest BCUT2D eigenvalue weighted by molar-refractivity contribution is 9.10. The molecule has 0 amide bonds. The van der Waals surface area contributed by atoms with Crippen LogP contribution in [-0.4, -0.2) is 0 Å². The van der Waals surface area contributed by atoms with Crippen LogP contribution in [0.2, 0.25) is 0 Å². The fourth-order valence-corrected chi connectivity index (χ4v) is 2.94. The predicted molar refractivity (Wildman–Crippen MR) is 68.6 cm³/mol. The van der Waals surface area contributed by atoms with Gasteiger partial charge in [-0.05, 0) is 23.0 Å². The van der Waals surface area contributed by atoms with Crippen molar-refractivity contribution in [2.24, 2.45) is 0 Å². The molecule has 1 nitrogen and oxygen atoms in total. The maximum Gasteiger partial charge on any atom is 0.191 e. The van der Waals surface area contributed by atoms with Crippen LogP contribution >= 0.6 is 15.9 Å². The van der Waals surface area contributed by atoms with E-state index in [1.54, 1.807) is 0 Å². The fourth-order valence-electron chi connectivity index (χ4n) is 1.69. The molecule has 15 heavy (non-hydrogen) atoms. The summed E-state index contributed by atoms with van der Waals surface area (Å²) < 4.78 is 1.11. The Balaban J connectivity index is 3.44. The van der Waals surface area contributed by atoms with Gasteiger partial charge in [0, 0.05) is 4.47 Å². The monoisotopic (exact) mass is 265 g/mol. The van der Waals surface area contributed by atoms with Crippen LogP contribution in [0.3, 0.4) is 0 Å². The van der Waals surface area contributed by atoms with E-state index in [1.165, 1.54) is 5.56 Å². The van der Waals surface area contributed by atoms with Gasteiger partial charge < -0.3 is 0 Å². The molecule has 0 N–H and O–H groups in total. The van der Waals surface area contributed by atoms with Crippen LogP contribution in [0.4, 0.5) is 5.69 Å². The first-order valence-electron chi connectivity index (χ1n) is 5.18. The van der Waals surface area contributed by atoms with Crippen molar-refractivity contribution in [2.75, 3.05) is 0 Å². The molecular formula is C13H16BrN. The maximum atomic E-state index is 7.16. The van der Waals surface area contributed by atoms with Crippen molar-refractivity contribution in [1.82, 2.24) is 0 Å². The van der Waals surface area contributed by atoms with Crippen LogP contribution in [-0.2, 0) is 0 Å². The Morgan fingerprint density at radius 3 is 2.13 bits per heavy atom. The number of benzene rings is 1. The zero-order chi connectivity index (χ0) is 11.6. The Kier molecular flexibility index (Phi) is 3.93. The molecule has 1 rings (SSSR count). The zero-order valence-electron chi connectivity index (χ0n) is 9.63. The molecule has 0 unspecified atom stereocenters. The van der Waals surface area contributed by atoms with Crippen LogP contribution in [0, 0.1) is 6.57 Å². The smallest absolute Gasteiger partial charge is 0.191 e. The Morgan fingerprint density at radius 2 is 1.73 bits per heavy atom. The van der Waals surface area contributed by atoms with Crippen LogP contribution in [0.15, 0.2) is 16.6 Å². The third-order valence-corrected chi connectivity index (χ3v) is 3.39. The fraction of sp³-hybridized carbons (Fsp3) is 0.462. The number of hydrogen-bond acceptors (Lipinski definition) is 0. The Hall–Kier alpha value is -0.810. The van der Waals surface area contributed by atoms with Crippen molar-refractivity contribution in [3.05, 3.63) is 39.1 Å². The summed E-state index contributed by atoms with van der Waals surface area (Å²) in [5.41, 5.74) is 3.18. The Bertz CT molecular complexity index is 400. The molecule has 0 aliphatic heterocycles. The largest absolute Gasteiger partial charge is 0.238 e. The molecule has 2 heteroatoms. The van der Waals surface area contributed by atoms with E-state index in [2.05, 4.69) is 48.5 Å². The Morgan fingerprint density at radius 1 is 1.13 bits per heavy atom. The van der Waals surface area contributed by atoms with E-state index in [4.69, 9.17) is 6.57 Å². The zero-order valence-corrected chi connectivity index (χ0v) is 11.2. The molecule has 0 bridgehead atoms. The van der Waals surface area contributed by atoms with Crippen LogP contribution in [0.1, 0.15) is 50.7 Å². The first-order valence-corrected chi connectivity index (χ1v) is 5.98. The molecule has 80 valence electrons. The average molecular weight is 266 g/mol. The van der Waals surface area contributed by atoms with E-state index in [9.17, 15) is 0 Å². The van der Waals surface area contributed by atoms with E-state index in [1.807, 2.05) is 12.1 Å². The molecule has 1 aromatic rings. The summed E-state index contributed by atoms with van der Waals surface area (Å²) in [6.07, 6.45) is 0. The molecule has 0 aliphatic carbocycles. The standard InChI is InChI=1S/C13H16BrN/c1-8(2)10-6-7-11(15-5)12(9(3)4)13(10)14/h6-9H,1-4H3. The molecule has 0 spiro atoms. The van der Waals surface area contributed by atoms with E-state index in [0.29, 0.717) is 11.8 Å². The third-order valence-electron chi connectivity index (χ3n) is 2.51. The summed E-state index contributed by atoms with van der Waals surface area (Å²) >= 11 is 3.63. The van der Waals surface area contributed by atoms with Gasteiger partial charge in [0.05, 0.1) is 6.57 Å². The lowest BCUT2D eigenvalue weighted by atomic mass is 9.94. The van der Waals surface area contributed by atoms with Gasteiger partial charge in [-0.25, -0.2) is 4.85 Å². The van der Waals surface area contributed by atoms with Gasteiger partial charge in [0.25, 0.3) is 0 Å². The molecule has 0 heterocycles. The van der Waals surface area contributed by atoms with Gasteiger partial charge >= 0.3 is 0 Å². The minimum Gasteiger partial charge on any atom is -0.238 e. The van der Waals surface area contributed by atoms with Crippen LogP contribution in [0.25, 0.3) is 4.85 Å². The number of halogens is 1. The van der Waals surface area contributed by atoms with Gasteiger partial charge in [0.2, 0.25) is 0 Å². The lowest BCUT2D eigenvalue weighted by Crippen LogP contribution is -1.96. The molecule has 0 aromatic heterocycles. The van der Waals surface area contributed by atoms with Crippen molar-refractivity contribution >= 4 is 21.6 Å². The van der Waals surface area contributed by atoms with Gasteiger partial charge in [-0.2, -0.15) is 0 Å². The topological polar surface area (TPSA) is 4.36 Å². The van der Waals surface area contributed by atoms with Crippen molar-refractivity contribution < 1.29 is 0 Å². The normalized spacial score (nSPS) is 10.8. The van der Waals surface area contributed by atoms with Gasteiger partial charge in [-0.1, -0.05) is 55.8 Å². The van der Waals surface area contributed by atoms with Crippen LogP contribution < -0.4 is 0 Å². The molecule has 1 aromatic carbocycles. The number of nitrogens with zero attached hydrogens (tertiary/aromatic N) is 1. The SMILES string of the molecule is [C-]#[N+]c1ccc(C(C)C)c(Br)c1C(C)C. The van der Waals surface area contributed by atoms with E-state index in [0.717, 1.165) is 15.7 Å². The highest BCUT2D eigenvalue weighted by Crippen LogP contribution is 2.38. The van der Waals surface area contributed by atoms with Crippen molar-refractivity contribution in [3.8, 4) is 0 Å². The summed E-state index contributed by atoms with van der Waals surface area (Å²) in [6, 6.07) is 3.98. The van der Waals surface area contributed by atoms with E-state index >= 15 is 0 Å². The van der Waals surface area contributed by atoms with E-state index < -0.39 is 0 Å². The summed E-state index contributed by atoms with van der Waals surface area (Å²) in [5, 5.41) is 0. The minimum absolute atomic E-state index is 0.377.